The number of hydrogen-bond acceptors (Lipinski definition) is 5. The number of amides is 2. The van der Waals surface area contributed by atoms with Crippen LogP contribution in [0.15, 0.2) is 54.6 Å². The lowest BCUT2D eigenvalue weighted by atomic mass is 10.1. The van der Waals surface area contributed by atoms with Gasteiger partial charge >= 0.3 is 0 Å². The molecule has 0 unspecified atom stereocenters. The number of nitrogens with one attached hydrogen (secondary N) is 1. The Balaban J connectivity index is 2.02. The van der Waals surface area contributed by atoms with Gasteiger partial charge in [-0.05, 0) is 57.0 Å². The Morgan fingerprint density at radius 3 is 2.28 bits per heavy atom. The van der Waals surface area contributed by atoms with Gasteiger partial charge in [-0.15, -0.1) is 0 Å². The summed E-state index contributed by atoms with van der Waals surface area (Å²) in [5, 5.41) is 2.90. The molecule has 0 saturated carbocycles. The van der Waals surface area contributed by atoms with Crippen LogP contribution in [-0.2, 0) is 20.9 Å². The Morgan fingerprint density at radius 1 is 0.969 bits per heavy atom. The minimum Gasteiger partial charge on any atom is -0.497 e. The molecule has 32 heavy (non-hydrogen) atoms. The van der Waals surface area contributed by atoms with Crippen molar-refractivity contribution in [2.45, 2.75) is 45.9 Å². The number of carbonyl (C=O) groups is 2. The maximum Gasteiger partial charge on any atom is 0.261 e. The van der Waals surface area contributed by atoms with E-state index >= 15 is 0 Å². The van der Waals surface area contributed by atoms with Crippen LogP contribution in [0, 0.1) is 0 Å². The summed E-state index contributed by atoms with van der Waals surface area (Å²) in [5.74, 6) is 0.854. The van der Waals surface area contributed by atoms with Crippen molar-refractivity contribution in [3.8, 4) is 11.5 Å². The van der Waals surface area contributed by atoms with Gasteiger partial charge in [0, 0.05) is 19.7 Å². The third kappa shape index (κ3) is 8.59. The van der Waals surface area contributed by atoms with E-state index in [0.717, 1.165) is 11.3 Å². The van der Waals surface area contributed by atoms with E-state index in [2.05, 4.69) is 5.32 Å². The quantitative estimate of drug-likeness (QED) is 0.481. The molecular formula is C25H34N2O5. The zero-order valence-electron chi connectivity index (χ0n) is 19.4. The average Bonchev–Trinajstić information content (AvgIpc) is 2.81. The van der Waals surface area contributed by atoms with Crippen molar-refractivity contribution in [2.75, 3.05) is 26.9 Å². The second-order valence-electron chi connectivity index (χ2n) is 7.71. The van der Waals surface area contributed by atoms with E-state index in [1.807, 2.05) is 56.3 Å². The average molecular weight is 443 g/mol. The highest BCUT2D eigenvalue weighted by Crippen LogP contribution is 2.16. The number of carbonyl (C=O) groups excluding carboxylic acids is 2. The summed E-state index contributed by atoms with van der Waals surface area (Å²) in [5.41, 5.74) is 0.892. The largest absolute Gasteiger partial charge is 0.497 e. The van der Waals surface area contributed by atoms with Crippen molar-refractivity contribution in [1.82, 2.24) is 10.2 Å². The SMILES string of the molecule is COc1ccc(CN(C(=O)COc2ccccc2)[C@H](C)C(=O)NCCCOC(C)C)cc1. The standard InChI is InChI=1S/C25H34N2O5/c1-19(2)31-16-8-15-26-25(29)20(3)27(17-21-11-13-22(30-4)14-12-21)24(28)18-32-23-9-6-5-7-10-23/h5-7,9-14,19-20H,8,15-18H2,1-4H3,(H,26,29)/t20-/m1/s1. The number of benzene rings is 2. The predicted octanol–water partition coefficient (Wildman–Crippen LogP) is 3.42. The molecule has 0 bridgehead atoms. The summed E-state index contributed by atoms with van der Waals surface area (Å²) in [4.78, 5) is 27.3. The number of hydrogen-bond donors (Lipinski definition) is 1. The highest BCUT2D eigenvalue weighted by molar-refractivity contribution is 5.87. The first-order chi connectivity index (χ1) is 15.4. The van der Waals surface area contributed by atoms with Crippen LogP contribution in [0.1, 0.15) is 32.8 Å². The van der Waals surface area contributed by atoms with Crippen molar-refractivity contribution in [1.29, 1.82) is 0 Å². The molecule has 0 radical (unpaired) electrons. The maximum atomic E-state index is 13.0. The molecular weight excluding hydrogens is 408 g/mol. The Kier molecular flexibility index (Phi) is 10.5. The molecule has 2 amide bonds. The van der Waals surface area contributed by atoms with Crippen molar-refractivity contribution < 1.29 is 23.8 Å². The number of para-hydroxylation sites is 1. The lowest BCUT2D eigenvalue weighted by molar-refractivity contribution is -0.142. The highest BCUT2D eigenvalue weighted by Gasteiger charge is 2.26. The molecule has 0 saturated heterocycles. The molecule has 2 aromatic carbocycles. The minimum atomic E-state index is -0.657. The van der Waals surface area contributed by atoms with E-state index in [4.69, 9.17) is 14.2 Å². The molecule has 0 aromatic heterocycles. The molecule has 0 aliphatic heterocycles. The van der Waals surface area contributed by atoms with E-state index in [1.165, 1.54) is 4.90 Å². The van der Waals surface area contributed by atoms with Gasteiger partial charge in [-0.25, -0.2) is 0 Å². The maximum absolute atomic E-state index is 13.0. The summed E-state index contributed by atoms with van der Waals surface area (Å²) >= 11 is 0. The summed E-state index contributed by atoms with van der Waals surface area (Å²) in [6.07, 6.45) is 0.868. The van der Waals surface area contributed by atoms with Crippen molar-refractivity contribution >= 4 is 11.8 Å². The van der Waals surface area contributed by atoms with Gasteiger partial charge in [0.1, 0.15) is 17.5 Å². The van der Waals surface area contributed by atoms with E-state index in [9.17, 15) is 9.59 Å². The van der Waals surface area contributed by atoms with Crippen LogP contribution in [0.4, 0.5) is 0 Å². The summed E-state index contributed by atoms with van der Waals surface area (Å²) in [6.45, 7) is 6.87. The van der Waals surface area contributed by atoms with E-state index < -0.39 is 6.04 Å². The monoisotopic (exact) mass is 442 g/mol. The number of methoxy groups -OCH3 is 1. The van der Waals surface area contributed by atoms with Crippen LogP contribution in [0.2, 0.25) is 0 Å². The first-order valence-electron chi connectivity index (χ1n) is 10.9. The van der Waals surface area contributed by atoms with E-state index in [-0.39, 0.29) is 31.1 Å². The third-order valence-electron chi connectivity index (χ3n) is 4.86. The van der Waals surface area contributed by atoms with Crippen LogP contribution < -0.4 is 14.8 Å². The Hall–Kier alpha value is -3.06. The van der Waals surface area contributed by atoms with E-state index in [1.54, 1.807) is 26.2 Å². The van der Waals surface area contributed by atoms with Crippen LogP contribution in [0.25, 0.3) is 0 Å². The summed E-state index contributed by atoms with van der Waals surface area (Å²) in [6, 6.07) is 15.9. The zero-order valence-corrected chi connectivity index (χ0v) is 19.4. The molecule has 0 aliphatic rings. The molecule has 2 aromatic rings. The number of nitrogens with zero attached hydrogens (tertiary/aromatic N) is 1. The molecule has 7 nitrogen and oxygen atoms in total. The molecule has 7 heteroatoms. The second-order valence-corrected chi connectivity index (χ2v) is 7.71. The smallest absolute Gasteiger partial charge is 0.261 e. The van der Waals surface area contributed by atoms with Crippen LogP contribution in [-0.4, -0.2) is 55.7 Å². The van der Waals surface area contributed by atoms with Crippen LogP contribution >= 0.6 is 0 Å². The van der Waals surface area contributed by atoms with Crippen LogP contribution in [0.3, 0.4) is 0 Å². The van der Waals surface area contributed by atoms with Gasteiger partial charge < -0.3 is 24.4 Å². The fourth-order valence-electron chi connectivity index (χ4n) is 3.01. The molecule has 174 valence electrons. The van der Waals surface area contributed by atoms with Gasteiger partial charge in [-0.2, -0.15) is 0 Å². The summed E-state index contributed by atoms with van der Waals surface area (Å²) < 4.78 is 16.3. The molecule has 1 N–H and O–H groups in total. The van der Waals surface area contributed by atoms with Crippen molar-refractivity contribution in [3.63, 3.8) is 0 Å². The molecule has 2 rings (SSSR count). The van der Waals surface area contributed by atoms with Crippen molar-refractivity contribution in [3.05, 3.63) is 60.2 Å². The third-order valence-corrected chi connectivity index (χ3v) is 4.86. The molecule has 0 spiro atoms. The van der Waals surface area contributed by atoms with Gasteiger partial charge in [0.15, 0.2) is 6.61 Å². The molecule has 0 fully saturated rings. The number of rotatable bonds is 13. The van der Waals surface area contributed by atoms with Crippen LogP contribution in [0.5, 0.6) is 11.5 Å². The van der Waals surface area contributed by atoms with Gasteiger partial charge in [0.05, 0.1) is 13.2 Å². The normalized spacial score (nSPS) is 11.7. The van der Waals surface area contributed by atoms with Gasteiger partial charge in [-0.3, -0.25) is 9.59 Å². The first-order valence-corrected chi connectivity index (χ1v) is 10.9. The highest BCUT2D eigenvalue weighted by atomic mass is 16.5. The lowest BCUT2D eigenvalue weighted by Gasteiger charge is -2.29. The fraction of sp³-hybridized carbons (Fsp3) is 0.440. The lowest BCUT2D eigenvalue weighted by Crippen LogP contribution is -2.49. The second kappa shape index (κ2) is 13.4. The summed E-state index contributed by atoms with van der Waals surface area (Å²) in [7, 11) is 1.60. The predicted molar refractivity (Wildman–Crippen MR) is 124 cm³/mol. The van der Waals surface area contributed by atoms with Gasteiger partial charge in [-0.1, -0.05) is 30.3 Å². The zero-order chi connectivity index (χ0) is 23.3. The number of ether oxygens (including phenoxy) is 3. The molecule has 0 heterocycles. The topological polar surface area (TPSA) is 77.1 Å². The molecule has 0 aliphatic carbocycles. The van der Waals surface area contributed by atoms with Gasteiger partial charge in [0.2, 0.25) is 5.91 Å². The molecule has 1 atom stereocenters. The van der Waals surface area contributed by atoms with Gasteiger partial charge in [0.25, 0.3) is 5.91 Å². The fourth-order valence-corrected chi connectivity index (χ4v) is 3.01. The first kappa shape index (κ1) is 25.2. The van der Waals surface area contributed by atoms with Crippen molar-refractivity contribution in [2.24, 2.45) is 0 Å². The Bertz CT molecular complexity index is 824. The van der Waals surface area contributed by atoms with E-state index in [0.29, 0.717) is 25.3 Å². The minimum absolute atomic E-state index is 0.153. The Morgan fingerprint density at radius 2 is 1.66 bits per heavy atom. The Labute approximate surface area is 190 Å².